The molecule has 0 bridgehead atoms. The van der Waals surface area contributed by atoms with E-state index < -0.39 is 11.7 Å². The molecule has 0 unspecified atom stereocenters. The molecule has 3 rings (SSSR count). The first kappa shape index (κ1) is 18.1. The lowest BCUT2D eigenvalue weighted by Gasteiger charge is -2.06. The summed E-state index contributed by atoms with van der Waals surface area (Å²) in [6.45, 7) is 5.62. The van der Waals surface area contributed by atoms with Crippen molar-refractivity contribution < 1.29 is 20.1 Å². The van der Waals surface area contributed by atoms with E-state index in [1.807, 2.05) is 32.0 Å². The number of aryl methyl sites for hydroxylation is 3. The fraction of sp³-hybridized carbons (Fsp3) is 0.158. The lowest BCUT2D eigenvalue weighted by molar-refractivity contribution is 0.0694. The van der Waals surface area contributed by atoms with Crippen molar-refractivity contribution in [1.29, 1.82) is 0 Å². The van der Waals surface area contributed by atoms with Crippen LogP contribution in [0.1, 0.15) is 27.2 Å². The molecule has 0 atom stereocenters. The number of para-hydroxylation sites is 1. The molecule has 8 nitrogen and oxygen atoms in total. The van der Waals surface area contributed by atoms with Gasteiger partial charge in [-0.1, -0.05) is 12.1 Å². The van der Waals surface area contributed by atoms with E-state index >= 15 is 0 Å². The van der Waals surface area contributed by atoms with Gasteiger partial charge in [-0.3, -0.25) is 0 Å². The Labute approximate surface area is 155 Å². The van der Waals surface area contributed by atoms with Gasteiger partial charge in [0, 0.05) is 0 Å². The smallest absolute Gasteiger partial charge is 0.339 e. The SMILES string of the molecule is Cc1ccc(-n2nc(C)c(/N=N/c3cccc(C(=O)O)c3O)c2O)cc1C. The molecule has 0 saturated carbocycles. The molecular formula is C19H18N4O4. The molecular weight excluding hydrogens is 348 g/mol. The Morgan fingerprint density at radius 3 is 2.44 bits per heavy atom. The van der Waals surface area contributed by atoms with Crippen molar-refractivity contribution in [2.45, 2.75) is 20.8 Å². The lowest BCUT2D eigenvalue weighted by Crippen LogP contribution is -1.97. The Hall–Kier alpha value is -3.68. The fourth-order valence-electron chi connectivity index (χ4n) is 2.55. The maximum Gasteiger partial charge on any atom is 0.339 e. The van der Waals surface area contributed by atoms with Crippen molar-refractivity contribution >= 4 is 17.3 Å². The second kappa shape index (κ2) is 6.91. The molecule has 0 fully saturated rings. The van der Waals surface area contributed by atoms with Crippen molar-refractivity contribution in [1.82, 2.24) is 9.78 Å². The van der Waals surface area contributed by atoms with Gasteiger partial charge in [0.15, 0.2) is 11.4 Å². The zero-order valence-electron chi connectivity index (χ0n) is 15.0. The first-order valence-electron chi connectivity index (χ1n) is 8.13. The second-order valence-corrected chi connectivity index (χ2v) is 6.12. The van der Waals surface area contributed by atoms with Gasteiger partial charge in [0.1, 0.15) is 11.3 Å². The largest absolute Gasteiger partial charge is 0.505 e. The molecule has 0 spiro atoms. The van der Waals surface area contributed by atoms with Gasteiger partial charge in [0.25, 0.3) is 0 Å². The summed E-state index contributed by atoms with van der Waals surface area (Å²) >= 11 is 0. The summed E-state index contributed by atoms with van der Waals surface area (Å²) in [5.74, 6) is -1.97. The molecule has 2 aromatic carbocycles. The molecule has 0 aliphatic heterocycles. The van der Waals surface area contributed by atoms with Gasteiger partial charge in [-0.25, -0.2) is 4.79 Å². The predicted molar refractivity (Wildman–Crippen MR) is 98.7 cm³/mol. The number of carboxylic acid groups (broad SMARTS) is 1. The summed E-state index contributed by atoms with van der Waals surface area (Å²) in [5.41, 5.74) is 3.12. The van der Waals surface area contributed by atoms with Crippen LogP contribution in [0.25, 0.3) is 5.69 Å². The van der Waals surface area contributed by atoms with E-state index in [2.05, 4.69) is 15.3 Å². The van der Waals surface area contributed by atoms with Crippen molar-refractivity contribution in [2.24, 2.45) is 10.2 Å². The molecule has 0 amide bonds. The molecule has 8 heteroatoms. The summed E-state index contributed by atoms with van der Waals surface area (Å²) in [6, 6.07) is 9.78. The van der Waals surface area contributed by atoms with Crippen LogP contribution in [0.15, 0.2) is 46.6 Å². The summed E-state index contributed by atoms with van der Waals surface area (Å²) in [6.07, 6.45) is 0. The van der Waals surface area contributed by atoms with Crippen molar-refractivity contribution in [2.75, 3.05) is 0 Å². The number of hydrogen-bond acceptors (Lipinski definition) is 6. The normalized spacial score (nSPS) is 11.2. The number of nitrogens with zero attached hydrogens (tertiary/aromatic N) is 4. The zero-order chi connectivity index (χ0) is 19.7. The first-order chi connectivity index (χ1) is 12.8. The Morgan fingerprint density at radius 2 is 1.78 bits per heavy atom. The highest BCUT2D eigenvalue weighted by atomic mass is 16.4. The van der Waals surface area contributed by atoms with Crippen LogP contribution in [-0.2, 0) is 0 Å². The lowest BCUT2D eigenvalue weighted by atomic mass is 10.1. The minimum atomic E-state index is -1.27. The minimum absolute atomic E-state index is 0.0207. The molecule has 27 heavy (non-hydrogen) atoms. The summed E-state index contributed by atoms with van der Waals surface area (Å²) in [4.78, 5) is 11.1. The number of rotatable bonds is 4. The summed E-state index contributed by atoms with van der Waals surface area (Å²) < 4.78 is 1.35. The standard InChI is InChI=1S/C19H18N4O4/c1-10-7-8-13(9-11(10)2)23-18(25)16(12(3)22-23)21-20-15-6-4-5-14(17(15)24)19(26)27/h4-9,24-25H,1-3H3,(H,26,27)/b21-20+. The summed E-state index contributed by atoms with van der Waals surface area (Å²) in [5, 5.41) is 41.7. The molecule has 138 valence electrons. The van der Waals surface area contributed by atoms with E-state index in [9.17, 15) is 15.0 Å². The number of aromatic carboxylic acids is 1. The van der Waals surface area contributed by atoms with E-state index in [1.54, 1.807) is 6.92 Å². The number of carboxylic acids is 1. The van der Waals surface area contributed by atoms with Crippen LogP contribution in [0.4, 0.5) is 11.4 Å². The van der Waals surface area contributed by atoms with Crippen LogP contribution in [0.3, 0.4) is 0 Å². The summed E-state index contributed by atoms with van der Waals surface area (Å²) in [7, 11) is 0. The van der Waals surface area contributed by atoms with Crippen LogP contribution >= 0.6 is 0 Å². The topological polar surface area (TPSA) is 120 Å². The van der Waals surface area contributed by atoms with Gasteiger partial charge in [-0.05, 0) is 56.2 Å². The van der Waals surface area contributed by atoms with E-state index in [0.29, 0.717) is 11.4 Å². The van der Waals surface area contributed by atoms with E-state index in [0.717, 1.165) is 11.1 Å². The highest BCUT2D eigenvalue weighted by Crippen LogP contribution is 2.36. The molecule has 0 saturated heterocycles. The molecule has 0 aliphatic rings. The molecule has 1 heterocycles. The van der Waals surface area contributed by atoms with E-state index in [-0.39, 0.29) is 22.8 Å². The first-order valence-corrected chi connectivity index (χ1v) is 8.13. The average molecular weight is 366 g/mol. The highest BCUT2D eigenvalue weighted by Gasteiger charge is 2.17. The Bertz CT molecular complexity index is 1070. The molecule has 1 aromatic heterocycles. The van der Waals surface area contributed by atoms with E-state index in [1.165, 1.54) is 22.9 Å². The van der Waals surface area contributed by atoms with Gasteiger partial charge in [0.05, 0.1) is 11.4 Å². The van der Waals surface area contributed by atoms with Crippen LogP contribution < -0.4 is 0 Å². The van der Waals surface area contributed by atoms with Crippen LogP contribution in [0.5, 0.6) is 11.6 Å². The molecule has 0 radical (unpaired) electrons. The number of azo groups is 1. The average Bonchev–Trinajstić information content (AvgIpc) is 2.90. The van der Waals surface area contributed by atoms with E-state index in [4.69, 9.17) is 5.11 Å². The number of carbonyl (C=O) groups is 1. The van der Waals surface area contributed by atoms with Crippen molar-refractivity contribution in [3.05, 3.63) is 58.8 Å². The molecule has 0 aliphatic carbocycles. The Balaban J connectivity index is 2.01. The van der Waals surface area contributed by atoms with Gasteiger partial charge in [-0.2, -0.15) is 9.78 Å². The number of aromatic hydroxyl groups is 2. The van der Waals surface area contributed by atoms with Gasteiger partial charge < -0.3 is 15.3 Å². The third-order valence-electron chi connectivity index (χ3n) is 4.24. The Kier molecular flexibility index (Phi) is 4.64. The third kappa shape index (κ3) is 3.37. The maximum absolute atomic E-state index is 11.1. The molecule has 3 N–H and O–H groups in total. The molecule has 3 aromatic rings. The fourth-order valence-corrected chi connectivity index (χ4v) is 2.55. The van der Waals surface area contributed by atoms with Gasteiger partial charge >= 0.3 is 5.97 Å². The van der Waals surface area contributed by atoms with Gasteiger partial charge in [-0.15, -0.1) is 10.2 Å². The zero-order valence-corrected chi connectivity index (χ0v) is 15.0. The van der Waals surface area contributed by atoms with Crippen LogP contribution in [-0.4, -0.2) is 31.1 Å². The number of benzene rings is 2. The highest BCUT2D eigenvalue weighted by molar-refractivity contribution is 5.92. The van der Waals surface area contributed by atoms with Crippen LogP contribution in [0, 0.1) is 20.8 Å². The van der Waals surface area contributed by atoms with Crippen LogP contribution in [0.2, 0.25) is 0 Å². The second-order valence-electron chi connectivity index (χ2n) is 6.12. The Morgan fingerprint density at radius 1 is 1.04 bits per heavy atom. The maximum atomic E-state index is 11.1. The van der Waals surface area contributed by atoms with Gasteiger partial charge in [0.2, 0.25) is 5.88 Å². The minimum Gasteiger partial charge on any atom is -0.505 e. The van der Waals surface area contributed by atoms with Crippen molar-refractivity contribution in [3.8, 4) is 17.3 Å². The predicted octanol–water partition coefficient (Wildman–Crippen LogP) is 4.32. The monoisotopic (exact) mass is 366 g/mol. The number of phenols is 1. The quantitative estimate of drug-likeness (QED) is 0.594. The third-order valence-corrected chi connectivity index (χ3v) is 4.24. The number of hydrogen-bond donors (Lipinski definition) is 3. The van der Waals surface area contributed by atoms with Crippen molar-refractivity contribution in [3.63, 3.8) is 0 Å². The number of aromatic nitrogens is 2.